The third-order valence-corrected chi connectivity index (χ3v) is 3.79. The van der Waals surface area contributed by atoms with Crippen molar-refractivity contribution in [3.05, 3.63) is 36.5 Å². The number of hydrogen-bond donors (Lipinski definition) is 3. The highest BCUT2D eigenvalue weighted by Gasteiger charge is 2.10. The molecule has 0 fully saturated rings. The van der Waals surface area contributed by atoms with Crippen LogP contribution in [0.2, 0.25) is 0 Å². The van der Waals surface area contributed by atoms with Crippen molar-refractivity contribution in [2.75, 3.05) is 24.3 Å². The van der Waals surface area contributed by atoms with Gasteiger partial charge in [-0.3, -0.25) is 15.1 Å². The third-order valence-electron chi connectivity index (χ3n) is 3.79. The van der Waals surface area contributed by atoms with E-state index in [4.69, 9.17) is 4.74 Å². The number of ether oxygens (including phenoxy) is 1. The zero-order valence-electron chi connectivity index (χ0n) is 15.7. The van der Waals surface area contributed by atoms with Crippen molar-refractivity contribution < 1.29 is 14.3 Å². The molecule has 9 heteroatoms. The Bertz CT molecular complexity index is 1040. The van der Waals surface area contributed by atoms with Crippen molar-refractivity contribution in [3.8, 4) is 17.0 Å². The summed E-state index contributed by atoms with van der Waals surface area (Å²) in [7, 11) is 1.53. The molecule has 3 aromatic rings. The van der Waals surface area contributed by atoms with Crippen LogP contribution in [0.5, 0.6) is 5.75 Å². The smallest absolute Gasteiger partial charge is 0.320 e. The van der Waals surface area contributed by atoms with Crippen molar-refractivity contribution in [2.45, 2.75) is 13.8 Å². The molecule has 0 radical (unpaired) electrons. The second-order valence-corrected chi connectivity index (χ2v) is 5.88. The molecule has 0 aliphatic carbocycles. The van der Waals surface area contributed by atoms with E-state index < -0.39 is 0 Å². The number of amides is 3. The molecule has 0 saturated heterocycles. The first-order valence-electron chi connectivity index (χ1n) is 8.64. The van der Waals surface area contributed by atoms with E-state index in [1.165, 1.54) is 14.0 Å². The Labute approximate surface area is 161 Å². The van der Waals surface area contributed by atoms with Crippen molar-refractivity contribution in [1.29, 1.82) is 0 Å². The van der Waals surface area contributed by atoms with Crippen LogP contribution >= 0.6 is 0 Å². The minimum atomic E-state index is -0.336. The molecule has 28 heavy (non-hydrogen) atoms. The minimum absolute atomic E-state index is 0.187. The molecule has 3 N–H and O–H groups in total. The van der Waals surface area contributed by atoms with E-state index in [2.05, 4.69) is 30.9 Å². The van der Waals surface area contributed by atoms with Gasteiger partial charge in [0.05, 0.1) is 24.7 Å². The molecule has 1 aromatic carbocycles. The monoisotopic (exact) mass is 380 g/mol. The van der Waals surface area contributed by atoms with Gasteiger partial charge >= 0.3 is 6.03 Å². The van der Waals surface area contributed by atoms with Gasteiger partial charge in [0.25, 0.3) is 0 Å². The van der Waals surface area contributed by atoms with Crippen LogP contribution in [-0.2, 0) is 4.79 Å². The Morgan fingerprint density at radius 3 is 2.64 bits per heavy atom. The Hall–Kier alpha value is -3.75. The van der Waals surface area contributed by atoms with Crippen LogP contribution in [0, 0.1) is 0 Å². The number of hydrogen-bond acceptors (Lipinski definition) is 6. The molecule has 2 aromatic heterocycles. The van der Waals surface area contributed by atoms with E-state index >= 15 is 0 Å². The molecule has 0 bridgehead atoms. The van der Waals surface area contributed by atoms with Gasteiger partial charge in [-0.15, -0.1) is 0 Å². The highest BCUT2D eigenvalue weighted by Crippen LogP contribution is 2.30. The van der Waals surface area contributed by atoms with Crippen LogP contribution in [-0.4, -0.2) is 40.5 Å². The number of fused-ring (bicyclic) bond motifs is 1. The normalized spacial score (nSPS) is 10.4. The quantitative estimate of drug-likeness (QED) is 0.626. The molecule has 3 amide bonds. The lowest BCUT2D eigenvalue weighted by atomic mass is 10.1. The van der Waals surface area contributed by atoms with Crippen molar-refractivity contribution in [2.24, 2.45) is 0 Å². The Morgan fingerprint density at radius 1 is 1.11 bits per heavy atom. The summed E-state index contributed by atoms with van der Waals surface area (Å²) in [5.74, 6) is 0.700. The molecular weight excluding hydrogens is 360 g/mol. The summed E-state index contributed by atoms with van der Waals surface area (Å²) >= 11 is 0. The molecule has 0 spiro atoms. The number of carbonyl (C=O) groups excluding carboxylic acids is 2. The summed E-state index contributed by atoms with van der Waals surface area (Å²) in [5.41, 5.74) is 2.91. The maximum absolute atomic E-state index is 11.7. The first-order valence-corrected chi connectivity index (χ1v) is 8.64. The van der Waals surface area contributed by atoms with E-state index in [0.717, 1.165) is 5.56 Å². The van der Waals surface area contributed by atoms with Gasteiger partial charge in [0.1, 0.15) is 17.1 Å². The molecule has 9 nitrogen and oxygen atoms in total. The van der Waals surface area contributed by atoms with Gasteiger partial charge in [-0.2, -0.15) is 0 Å². The summed E-state index contributed by atoms with van der Waals surface area (Å²) in [6, 6.07) is 8.37. The van der Waals surface area contributed by atoms with E-state index in [1.807, 2.05) is 6.92 Å². The topological polar surface area (TPSA) is 118 Å². The second kappa shape index (κ2) is 8.30. The number of rotatable bonds is 5. The van der Waals surface area contributed by atoms with Crippen molar-refractivity contribution >= 4 is 34.6 Å². The fraction of sp³-hybridized carbons (Fsp3) is 0.211. The summed E-state index contributed by atoms with van der Waals surface area (Å²) in [4.78, 5) is 36.2. The van der Waals surface area contributed by atoms with Crippen LogP contribution in [0.25, 0.3) is 22.4 Å². The zero-order valence-corrected chi connectivity index (χ0v) is 15.7. The molecule has 144 valence electrons. The van der Waals surface area contributed by atoms with Crippen LogP contribution < -0.4 is 20.7 Å². The number of carbonyl (C=O) groups is 2. The Kier molecular flexibility index (Phi) is 5.64. The Morgan fingerprint density at radius 2 is 1.93 bits per heavy atom. The summed E-state index contributed by atoms with van der Waals surface area (Å²) in [5, 5.41) is 8.00. The van der Waals surface area contributed by atoms with Gasteiger partial charge in [0.15, 0.2) is 5.65 Å². The molecule has 3 rings (SSSR count). The zero-order chi connectivity index (χ0) is 20.1. The number of methoxy groups -OCH3 is 1. The number of anilines is 2. The van der Waals surface area contributed by atoms with Crippen LogP contribution in [0.15, 0.2) is 36.5 Å². The third kappa shape index (κ3) is 4.32. The van der Waals surface area contributed by atoms with Crippen LogP contribution in [0.3, 0.4) is 0 Å². The van der Waals surface area contributed by atoms with E-state index in [-0.39, 0.29) is 11.9 Å². The van der Waals surface area contributed by atoms with Crippen molar-refractivity contribution in [3.63, 3.8) is 0 Å². The van der Waals surface area contributed by atoms with Gasteiger partial charge in [0.2, 0.25) is 5.91 Å². The maximum atomic E-state index is 11.7. The highest BCUT2D eigenvalue weighted by atomic mass is 16.5. The summed E-state index contributed by atoms with van der Waals surface area (Å²) < 4.78 is 5.35. The van der Waals surface area contributed by atoms with Gasteiger partial charge in [-0.05, 0) is 31.2 Å². The largest absolute Gasteiger partial charge is 0.495 e. The first kappa shape index (κ1) is 19.0. The number of nitrogens with zero attached hydrogens (tertiary/aromatic N) is 3. The first-order chi connectivity index (χ1) is 13.5. The lowest BCUT2D eigenvalue weighted by molar-refractivity contribution is -0.114. The highest BCUT2D eigenvalue weighted by molar-refractivity contribution is 5.91. The number of aromatic nitrogens is 3. The fourth-order valence-electron chi connectivity index (χ4n) is 2.57. The van der Waals surface area contributed by atoms with E-state index in [9.17, 15) is 9.59 Å². The lowest BCUT2D eigenvalue weighted by Crippen LogP contribution is -2.28. The molecule has 0 aliphatic heterocycles. The van der Waals surface area contributed by atoms with Gasteiger partial charge in [-0.25, -0.2) is 14.8 Å². The standard InChI is InChI=1S/C19H20N6O3/c1-4-20-19(27)25-17-8-7-14-18(24-17)23-15(10-21-14)12-5-6-13(22-11(2)26)16(9-12)28-3/h5-10H,4H2,1-3H3,(H,22,26)(H2,20,23,24,25,27). The average molecular weight is 380 g/mol. The summed E-state index contributed by atoms with van der Waals surface area (Å²) in [6.07, 6.45) is 1.63. The fourth-order valence-corrected chi connectivity index (χ4v) is 2.57. The van der Waals surface area contributed by atoms with Crippen LogP contribution in [0.1, 0.15) is 13.8 Å². The molecule has 0 unspecified atom stereocenters. The van der Waals surface area contributed by atoms with E-state index in [1.54, 1.807) is 36.5 Å². The van der Waals surface area contributed by atoms with E-state index in [0.29, 0.717) is 40.7 Å². The molecule has 0 saturated carbocycles. The molecular formula is C19H20N6O3. The van der Waals surface area contributed by atoms with Gasteiger partial charge < -0.3 is 15.4 Å². The summed E-state index contributed by atoms with van der Waals surface area (Å²) in [6.45, 7) is 3.77. The molecule has 2 heterocycles. The molecule has 0 atom stereocenters. The number of pyridine rings is 1. The van der Waals surface area contributed by atoms with Crippen molar-refractivity contribution in [1.82, 2.24) is 20.3 Å². The minimum Gasteiger partial charge on any atom is -0.495 e. The Balaban J connectivity index is 1.94. The maximum Gasteiger partial charge on any atom is 0.320 e. The van der Waals surface area contributed by atoms with Gasteiger partial charge in [0, 0.05) is 19.0 Å². The van der Waals surface area contributed by atoms with Crippen LogP contribution in [0.4, 0.5) is 16.3 Å². The predicted molar refractivity (Wildman–Crippen MR) is 106 cm³/mol. The lowest BCUT2D eigenvalue weighted by Gasteiger charge is -2.11. The average Bonchev–Trinajstić information content (AvgIpc) is 2.67. The number of nitrogens with one attached hydrogen (secondary N) is 3. The second-order valence-electron chi connectivity index (χ2n) is 5.88. The number of urea groups is 1. The number of benzene rings is 1. The predicted octanol–water partition coefficient (Wildman–Crippen LogP) is 2.80. The molecule has 0 aliphatic rings. The SMILES string of the molecule is CCNC(=O)Nc1ccc2ncc(-c3ccc(NC(C)=O)c(OC)c3)nc2n1. The van der Waals surface area contributed by atoms with Gasteiger partial charge in [-0.1, -0.05) is 6.07 Å².